The lowest BCUT2D eigenvalue weighted by Gasteiger charge is -2.32. The third-order valence-corrected chi connectivity index (χ3v) is 5.24. The number of rotatable bonds is 3. The molecule has 0 spiro atoms. The predicted octanol–water partition coefficient (Wildman–Crippen LogP) is 4.55. The van der Waals surface area contributed by atoms with E-state index in [1.165, 1.54) is 11.0 Å². The van der Waals surface area contributed by atoms with Gasteiger partial charge >= 0.3 is 12.2 Å². The van der Waals surface area contributed by atoms with Crippen molar-refractivity contribution >= 4 is 40.4 Å². The average molecular weight is 426 g/mol. The van der Waals surface area contributed by atoms with Gasteiger partial charge in [-0.2, -0.15) is 18.2 Å². The van der Waals surface area contributed by atoms with Gasteiger partial charge in [-0.25, -0.2) is 4.98 Å². The molecule has 1 aliphatic rings. The van der Waals surface area contributed by atoms with Crippen LogP contribution in [0, 0.1) is 0 Å². The van der Waals surface area contributed by atoms with Gasteiger partial charge in [-0.3, -0.25) is 4.79 Å². The SMILES string of the molecule is O=C(c1cc(Cl)sc1Cl)N1CCCC(Oc2nccc(C(F)(F)F)n2)C1. The number of likely N-dealkylation sites (tertiary alicyclic amines) is 1. The van der Waals surface area contributed by atoms with Crippen LogP contribution in [0.4, 0.5) is 13.2 Å². The molecule has 0 radical (unpaired) electrons. The third kappa shape index (κ3) is 4.39. The highest BCUT2D eigenvalue weighted by molar-refractivity contribution is 7.20. The number of alkyl halides is 3. The highest BCUT2D eigenvalue weighted by Gasteiger charge is 2.34. The van der Waals surface area contributed by atoms with Gasteiger partial charge in [0.2, 0.25) is 0 Å². The molecule has 0 N–H and O–H groups in total. The Labute approximate surface area is 160 Å². The van der Waals surface area contributed by atoms with Crippen LogP contribution in [-0.4, -0.2) is 40.0 Å². The van der Waals surface area contributed by atoms with Gasteiger partial charge in [-0.1, -0.05) is 23.2 Å². The first-order chi connectivity index (χ1) is 12.2. The number of halogens is 5. The Hall–Kier alpha value is -1.58. The van der Waals surface area contributed by atoms with Gasteiger partial charge in [0.05, 0.1) is 16.4 Å². The Bertz CT molecular complexity index is 816. The van der Waals surface area contributed by atoms with Gasteiger partial charge in [0.25, 0.3) is 5.91 Å². The molecule has 140 valence electrons. The molecule has 11 heteroatoms. The van der Waals surface area contributed by atoms with Crippen molar-refractivity contribution in [3.05, 3.63) is 38.3 Å². The van der Waals surface area contributed by atoms with Gasteiger partial charge in [0.15, 0.2) is 5.69 Å². The first kappa shape index (κ1) is 19.2. The van der Waals surface area contributed by atoms with E-state index < -0.39 is 18.0 Å². The molecule has 3 heterocycles. The summed E-state index contributed by atoms with van der Waals surface area (Å²) in [5.41, 5.74) is -0.774. The number of amides is 1. The fourth-order valence-electron chi connectivity index (χ4n) is 2.58. The summed E-state index contributed by atoms with van der Waals surface area (Å²) in [6.45, 7) is 0.689. The largest absolute Gasteiger partial charge is 0.458 e. The molecule has 1 saturated heterocycles. The predicted molar refractivity (Wildman–Crippen MR) is 90.9 cm³/mol. The minimum Gasteiger partial charge on any atom is -0.458 e. The van der Waals surface area contributed by atoms with E-state index in [4.69, 9.17) is 27.9 Å². The minimum absolute atomic E-state index is 0.197. The highest BCUT2D eigenvalue weighted by Crippen LogP contribution is 2.33. The van der Waals surface area contributed by atoms with E-state index in [2.05, 4.69) is 9.97 Å². The van der Waals surface area contributed by atoms with Crippen LogP contribution in [-0.2, 0) is 6.18 Å². The molecule has 5 nitrogen and oxygen atoms in total. The minimum atomic E-state index is -4.58. The summed E-state index contributed by atoms with van der Waals surface area (Å²) < 4.78 is 44.3. The van der Waals surface area contributed by atoms with Crippen molar-refractivity contribution in [1.29, 1.82) is 0 Å². The van der Waals surface area contributed by atoms with E-state index in [-0.39, 0.29) is 18.5 Å². The molecule has 2 aromatic heterocycles. The van der Waals surface area contributed by atoms with E-state index in [1.54, 1.807) is 0 Å². The average Bonchev–Trinajstić information content (AvgIpc) is 2.92. The number of aromatic nitrogens is 2. The maximum Gasteiger partial charge on any atom is 0.433 e. The maximum absolute atomic E-state index is 12.7. The Morgan fingerprint density at radius 1 is 1.38 bits per heavy atom. The van der Waals surface area contributed by atoms with Crippen LogP contribution in [0.15, 0.2) is 18.3 Å². The highest BCUT2D eigenvalue weighted by atomic mass is 35.5. The third-order valence-electron chi connectivity index (χ3n) is 3.75. The first-order valence-electron chi connectivity index (χ1n) is 7.55. The molecule has 0 aromatic carbocycles. The Balaban J connectivity index is 1.69. The lowest BCUT2D eigenvalue weighted by molar-refractivity contribution is -0.141. The molecule has 26 heavy (non-hydrogen) atoms. The zero-order valence-corrected chi connectivity index (χ0v) is 15.4. The van der Waals surface area contributed by atoms with Crippen LogP contribution in [0.1, 0.15) is 28.9 Å². The number of hydrogen-bond donors (Lipinski definition) is 0. The number of nitrogens with zero attached hydrogens (tertiary/aromatic N) is 3. The Morgan fingerprint density at radius 3 is 2.81 bits per heavy atom. The number of hydrogen-bond acceptors (Lipinski definition) is 5. The molecule has 0 aliphatic carbocycles. The maximum atomic E-state index is 12.7. The van der Waals surface area contributed by atoms with Crippen LogP contribution in [0.2, 0.25) is 8.67 Å². The number of carbonyl (C=O) groups excluding carboxylic acids is 1. The molecule has 1 aliphatic heterocycles. The zero-order chi connectivity index (χ0) is 18.9. The second-order valence-corrected chi connectivity index (χ2v) is 7.88. The fourth-order valence-corrected chi connectivity index (χ4v) is 4.03. The van der Waals surface area contributed by atoms with E-state index in [9.17, 15) is 18.0 Å². The molecule has 1 amide bonds. The van der Waals surface area contributed by atoms with Gasteiger partial charge in [0.1, 0.15) is 10.4 Å². The molecule has 0 bridgehead atoms. The first-order valence-corrected chi connectivity index (χ1v) is 9.12. The molecule has 1 atom stereocenters. The van der Waals surface area contributed by atoms with E-state index in [1.807, 2.05) is 0 Å². The van der Waals surface area contributed by atoms with Crippen LogP contribution in [0.25, 0.3) is 0 Å². The van der Waals surface area contributed by atoms with Crippen molar-refractivity contribution < 1.29 is 22.7 Å². The second kappa shape index (κ2) is 7.58. The molecular weight excluding hydrogens is 414 g/mol. The van der Waals surface area contributed by atoms with Crippen molar-refractivity contribution in [2.24, 2.45) is 0 Å². The normalized spacial score (nSPS) is 18.0. The van der Waals surface area contributed by atoms with E-state index in [0.29, 0.717) is 33.6 Å². The van der Waals surface area contributed by atoms with Crippen molar-refractivity contribution in [3.63, 3.8) is 0 Å². The molecule has 1 fully saturated rings. The summed E-state index contributed by atoms with van der Waals surface area (Å²) >= 11 is 13.0. The van der Waals surface area contributed by atoms with Crippen LogP contribution < -0.4 is 4.74 Å². The molecule has 2 aromatic rings. The summed E-state index contributed by atoms with van der Waals surface area (Å²) in [7, 11) is 0. The fraction of sp³-hybridized carbons (Fsp3) is 0.400. The van der Waals surface area contributed by atoms with Gasteiger partial charge in [-0.05, 0) is 25.0 Å². The van der Waals surface area contributed by atoms with Gasteiger partial charge < -0.3 is 9.64 Å². The lowest BCUT2D eigenvalue weighted by atomic mass is 10.1. The summed E-state index contributed by atoms with van der Waals surface area (Å²) in [5, 5.41) is 0. The lowest BCUT2D eigenvalue weighted by Crippen LogP contribution is -2.44. The van der Waals surface area contributed by atoms with Crippen molar-refractivity contribution in [2.75, 3.05) is 13.1 Å². The summed E-state index contributed by atoms with van der Waals surface area (Å²) in [6, 6.07) is 1.90. The van der Waals surface area contributed by atoms with E-state index in [0.717, 1.165) is 23.6 Å². The standard InChI is InChI=1S/C15H12Cl2F3N3O2S/c16-11-6-9(12(17)26-11)13(24)23-5-1-2-8(7-23)25-14-21-4-3-10(22-14)15(18,19)20/h3-4,6,8H,1-2,5,7H2. The second-order valence-electron chi connectivity index (χ2n) is 5.59. The Morgan fingerprint density at radius 2 is 2.15 bits per heavy atom. The number of ether oxygens (including phenoxy) is 1. The molecule has 3 rings (SSSR count). The van der Waals surface area contributed by atoms with Gasteiger partial charge in [-0.15, -0.1) is 11.3 Å². The van der Waals surface area contributed by atoms with Crippen LogP contribution >= 0.6 is 34.5 Å². The molecule has 0 saturated carbocycles. The summed E-state index contributed by atoms with van der Waals surface area (Å²) in [6.07, 6.45) is -2.90. The summed E-state index contributed by atoms with van der Waals surface area (Å²) in [5.74, 6) is -0.295. The number of carbonyl (C=O) groups is 1. The number of thiophene rings is 1. The number of piperidine rings is 1. The van der Waals surface area contributed by atoms with Crippen LogP contribution in [0.3, 0.4) is 0 Å². The van der Waals surface area contributed by atoms with Crippen LogP contribution in [0.5, 0.6) is 6.01 Å². The van der Waals surface area contributed by atoms with Crippen molar-refractivity contribution in [3.8, 4) is 6.01 Å². The van der Waals surface area contributed by atoms with Crippen molar-refractivity contribution in [2.45, 2.75) is 25.1 Å². The Kier molecular flexibility index (Phi) is 5.59. The summed E-state index contributed by atoms with van der Waals surface area (Å²) in [4.78, 5) is 21.2. The zero-order valence-electron chi connectivity index (χ0n) is 13.1. The monoisotopic (exact) mass is 425 g/mol. The molecule has 1 unspecified atom stereocenters. The topological polar surface area (TPSA) is 55.3 Å². The van der Waals surface area contributed by atoms with E-state index >= 15 is 0 Å². The quantitative estimate of drug-likeness (QED) is 0.723. The van der Waals surface area contributed by atoms with Gasteiger partial charge in [0, 0.05) is 12.7 Å². The molecular formula is C15H12Cl2F3N3O2S. The smallest absolute Gasteiger partial charge is 0.433 e. The van der Waals surface area contributed by atoms with Crippen molar-refractivity contribution in [1.82, 2.24) is 14.9 Å².